The van der Waals surface area contributed by atoms with E-state index in [2.05, 4.69) is 5.32 Å². The van der Waals surface area contributed by atoms with Crippen LogP contribution in [-0.4, -0.2) is 74.9 Å². The van der Waals surface area contributed by atoms with Gasteiger partial charge >= 0.3 is 0 Å². The van der Waals surface area contributed by atoms with Gasteiger partial charge in [-0.2, -0.15) is 4.31 Å². The molecule has 1 aliphatic carbocycles. The summed E-state index contributed by atoms with van der Waals surface area (Å²) >= 11 is 0. The van der Waals surface area contributed by atoms with Gasteiger partial charge in [-0.3, -0.25) is 9.59 Å². The smallest absolute Gasteiger partial charge is 0.245 e. The Morgan fingerprint density at radius 2 is 1.62 bits per heavy atom. The number of amides is 2. The van der Waals surface area contributed by atoms with Crippen molar-refractivity contribution in [1.29, 1.82) is 0 Å². The van der Waals surface area contributed by atoms with Crippen LogP contribution in [0.4, 0.5) is 0 Å². The molecule has 0 spiro atoms. The van der Waals surface area contributed by atoms with Crippen LogP contribution in [0.2, 0.25) is 0 Å². The second-order valence-electron chi connectivity index (χ2n) is 9.60. The zero-order valence-electron chi connectivity index (χ0n) is 20.0. The minimum absolute atomic E-state index is 0.0178. The van der Waals surface area contributed by atoms with Gasteiger partial charge in [-0.15, -0.1) is 0 Å². The number of ether oxygens (including phenoxy) is 2. The Bertz CT molecular complexity index is 998. The van der Waals surface area contributed by atoms with Crippen LogP contribution in [0.1, 0.15) is 46.0 Å². The van der Waals surface area contributed by atoms with Crippen molar-refractivity contribution in [2.75, 3.05) is 39.4 Å². The van der Waals surface area contributed by atoms with Gasteiger partial charge < -0.3 is 19.7 Å². The lowest BCUT2D eigenvalue weighted by Gasteiger charge is -2.37. The molecule has 34 heavy (non-hydrogen) atoms. The number of hydrogen-bond acceptors (Lipinski definition) is 6. The molecule has 4 rings (SSSR count). The van der Waals surface area contributed by atoms with Gasteiger partial charge in [0.25, 0.3) is 0 Å². The molecular weight excluding hydrogens is 458 g/mol. The van der Waals surface area contributed by atoms with Crippen LogP contribution in [0.15, 0.2) is 23.1 Å². The average molecular weight is 494 g/mol. The van der Waals surface area contributed by atoms with E-state index in [1.165, 1.54) is 16.4 Å². The van der Waals surface area contributed by atoms with E-state index >= 15 is 0 Å². The Morgan fingerprint density at radius 1 is 0.971 bits per heavy atom. The highest BCUT2D eigenvalue weighted by Crippen LogP contribution is 2.33. The third-order valence-corrected chi connectivity index (χ3v) is 8.80. The number of carbonyl (C=O) groups excluding carboxylic acids is 2. The van der Waals surface area contributed by atoms with Crippen LogP contribution in [0, 0.1) is 11.8 Å². The molecule has 2 fully saturated rings. The Morgan fingerprint density at radius 3 is 2.26 bits per heavy atom. The maximum atomic E-state index is 13.3. The second kappa shape index (κ2) is 10.5. The van der Waals surface area contributed by atoms with Crippen molar-refractivity contribution in [1.82, 2.24) is 14.5 Å². The Hall–Kier alpha value is -2.33. The first-order valence-electron chi connectivity index (χ1n) is 12.3. The normalized spacial score (nSPS) is 20.7. The van der Waals surface area contributed by atoms with Crippen molar-refractivity contribution < 1.29 is 27.5 Å². The minimum Gasteiger partial charge on any atom is -0.486 e. The van der Waals surface area contributed by atoms with Crippen LogP contribution in [0.3, 0.4) is 0 Å². The van der Waals surface area contributed by atoms with Gasteiger partial charge in [0.1, 0.15) is 19.3 Å². The topological polar surface area (TPSA) is 105 Å². The van der Waals surface area contributed by atoms with Gasteiger partial charge in [0, 0.05) is 38.2 Å². The molecule has 1 N–H and O–H groups in total. The van der Waals surface area contributed by atoms with Gasteiger partial charge in [-0.05, 0) is 30.9 Å². The van der Waals surface area contributed by atoms with E-state index in [-0.39, 0.29) is 54.7 Å². The number of nitrogens with one attached hydrogen (secondary N) is 1. The molecular formula is C24H35N3O6S. The van der Waals surface area contributed by atoms with Crippen molar-refractivity contribution >= 4 is 21.8 Å². The predicted molar refractivity (Wildman–Crippen MR) is 126 cm³/mol. The summed E-state index contributed by atoms with van der Waals surface area (Å²) in [4.78, 5) is 27.8. The lowest BCUT2D eigenvalue weighted by Crippen LogP contribution is -2.57. The molecule has 9 nitrogen and oxygen atoms in total. The molecule has 1 saturated heterocycles. The molecule has 2 heterocycles. The Kier molecular flexibility index (Phi) is 7.67. The van der Waals surface area contributed by atoms with Gasteiger partial charge in [0.05, 0.1) is 4.90 Å². The zero-order chi connectivity index (χ0) is 24.3. The summed E-state index contributed by atoms with van der Waals surface area (Å²) in [5, 5.41) is 2.99. The summed E-state index contributed by atoms with van der Waals surface area (Å²) in [5.41, 5.74) is 0. The largest absolute Gasteiger partial charge is 0.486 e. The van der Waals surface area contributed by atoms with E-state index in [0.29, 0.717) is 24.7 Å². The molecule has 2 aliphatic heterocycles. The molecule has 0 radical (unpaired) electrons. The van der Waals surface area contributed by atoms with Gasteiger partial charge in [-0.1, -0.05) is 33.1 Å². The molecule has 1 saturated carbocycles. The predicted octanol–water partition coefficient (Wildman–Crippen LogP) is 2.01. The summed E-state index contributed by atoms with van der Waals surface area (Å²) in [6, 6.07) is 4.03. The standard InChI is InChI=1S/C24H35N3O6S/c1-17(2)22(25-23(28)18-6-4-3-5-7-18)24(29)26-10-12-27(13-11-26)34(30,31)19-8-9-20-21(16-19)33-15-14-32-20/h8-9,16-18,22H,3-7,10-15H2,1-2H3,(H,25,28). The number of piperazine rings is 1. The monoisotopic (exact) mass is 493 g/mol. The fourth-order valence-corrected chi connectivity index (χ4v) is 6.27. The fraction of sp³-hybridized carbons (Fsp3) is 0.667. The van der Waals surface area contributed by atoms with E-state index in [1.54, 1.807) is 11.0 Å². The maximum absolute atomic E-state index is 13.3. The van der Waals surface area contributed by atoms with Crippen molar-refractivity contribution in [2.24, 2.45) is 11.8 Å². The van der Waals surface area contributed by atoms with Gasteiger partial charge in [0.15, 0.2) is 11.5 Å². The molecule has 0 aromatic heterocycles. The lowest BCUT2D eigenvalue weighted by atomic mass is 9.88. The van der Waals surface area contributed by atoms with Crippen molar-refractivity contribution in [3.05, 3.63) is 18.2 Å². The van der Waals surface area contributed by atoms with Crippen molar-refractivity contribution in [2.45, 2.75) is 56.9 Å². The first-order valence-corrected chi connectivity index (χ1v) is 13.7. The van der Waals surface area contributed by atoms with Crippen LogP contribution >= 0.6 is 0 Å². The summed E-state index contributed by atoms with van der Waals surface area (Å²) in [5.74, 6) is 0.711. The summed E-state index contributed by atoms with van der Waals surface area (Å²) in [6.45, 7) is 5.63. The highest BCUT2D eigenvalue weighted by molar-refractivity contribution is 7.89. The number of fused-ring (bicyclic) bond motifs is 1. The van der Waals surface area contributed by atoms with Crippen LogP contribution in [0.25, 0.3) is 0 Å². The van der Waals surface area contributed by atoms with E-state index < -0.39 is 16.1 Å². The van der Waals surface area contributed by atoms with E-state index in [4.69, 9.17) is 9.47 Å². The number of nitrogens with zero attached hydrogens (tertiary/aromatic N) is 2. The van der Waals surface area contributed by atoms with Crippen LogP contribution < -0.4 is 14.8 Å². The molecule has 1 unspecified atom stereocenters. The summed E-state index contributed by atoms with van der Waals surface area (Å²) in [6.07, 6.45) is 5.02. The van der Waals surface area contributed by atoms with Crippen LogP contribution in [-0.2, 0) is 19.6 Å². The SMILES string of the molecule is CC(C)C(NC(=O)C1CCCCC1)C(=O)N1CCN(S(=O)(=O)c2ccc3c(c2)OCCO3)CC1. The highest BCUT2D eigenvalue weighted by atomic mass is 32.2. The third kappa shape index (κ3) is 5.33. The first-order chi connectivity index (χ1) is 16.3. The van der Waals surface area contributed by atoms with Crippen LogP contribution in [0.5, 0.6) is 11.5 Å². The zero-order valence-corrected chi connectivity index (χ0v) is 20.8. The lowest BCUT2D eigenvalue weighted by molar-refractivity contribution is -0.139. The van der Waals surface area contributed by atoms with Gasteiger partial charge in [-0.25, -0.2) is 8.42 Å². The molecule has 0 bridgehead atoms. The highest BCUT2D eigenvalue weighted by Gasteiger charge is 2.35. The Balaban J connectivity index is 1.37. The molecule has 1 aromatic carbocycles. The molecule has 1 aromatic rings. The van der Waals surface area contributed by atoms with Gasteiger partial charge in [0.2, 0.25) is 21.8 Å². The van der Waals surface area contributed by atoms with E-state index in [0.717, 1.165) is 32.1 Å². The molecule has 10 heteroatoms. The quantitative estimate of drug-likeness (QED) is 0.650. The van der Waals surface area contributed by atoms with E-state index in [9.17, 15) is 18.0 Å². The van der Waals surface area contributed by atoms with Crippen molar-refractivity contribution in [3.63, 3.8) is 0 Å². The number of carbonyl (C=O) groups is 2. The first kappa shape index (κ1) is 24.8. The number of benzene rings is 1. The molecule has 3 aliphatic rings. The Labute approximate surface area is 201 Å². The second-order valence-corrected chi connectivity index (χ2v) is 11.5. The summed E-state index contributed by atoms with van der Waals surface area (Å²) in [7, 11) is -3.72. The number of hydrogen-bond donors (Lipinski definition) is 1. The fourth-order valence-electron chi connectivity index (χ4n) is 4.83. The van der Waals surface area contributed by atoms with E-state index in [1.807, 2.05) is 13.8 Å². The average Bonchev–Trinajstić information content (AvgIpc) is 2.86. The third-order valence-electron chi connectivity index (χ3n) is 6.91. The summed E-state index contributed by atoms with van der Waals surface area (Å²) < 4.78 is 38.8. The number of sulfonamides is 1. The molecule has 2 amide bonds. The number of rotatable bonds is 6. The van der Waals surface area contributed by atoms with Crippen molar-refractivity contribution in [3.8, 4) is 11.5 Å². The maximum Gasteiger partial charge on any atom is 0.245 e. The molecule has 188 valence electrons. The minimum atomic E-state index is -3.72. The molecule has 1 atom stereocenters.